The monoisotopic (exact) mass is 468 g/mol. The van der Waals surface area contributed by atoms with Crippen LogP contribution in [0.15, 0.2) is 78.9 Å². The SMILES string of the molecule is C.COc1ccc(C(OC[C@H]2O[C@@H](C)[C@H](O)[C@@H]2F)(c2ccccc2)c2ccc(OC)cc2)cc1. The normalized spacial score (nSPS) is 22.1. The summed E-state index contributed by atoms with van der Waals surface area (Å²) in [4.78, 5) is 0. The van der Waals surface area contributed by atoms with E-state index >= 15 is 0 Å². The lowest BCUT2D eigenvalue weighted by molar-refractivity contribution is -0.0706. The van der Waals surface area contributed by atoms with E-state index in [1.54, 1.807) is 21.1 Å². The number of aliphatic hydroxyl groups is 1. The Morgan fingerprint density at radius 2 is 1.29 bits per heavy atom. The van der Waals surface area contributed by atoms with Crippen molar-refractivity contribution in [2.75, 3.05) is 20.8 Å². The molecule has 0 amide bonds. The predicted octanol–water partition coefficient (Wildman–Crippen LogP) is 5.13. The molecule has 5 nitrogen and oxygen atoms in total. The molecule has 1 fully saturated rings. The highest BCUT2D eigenvalue weighted by Gasteiger charge is 2.45. The number of hydrogen-bond acceptors (Lipinski definition) is 5. The Kier molecular flexibility index (Phi) is 8.31. The van der Waals surface area contributed by atoms with Crippen molar-refractivity contribution in [2.24, 2.45) is 0 Å². The topological polar surface area (TPSA) is 57.2 Å². The summed E-state index contributed by atoms with van der Waals surface area (Å²) < 4.78 is 37.7. The average molecular weight is 469 g/mol. The first-order valence-electron chi connectivity index (χ1n) is 11.0. The van der Waals surface area contributed by atoms with Crippen molar-refractivity contribution in [3.05, 3.63) is 95.6 Å². The smallest absolute Gasteiger partial charge is 0.157 e. The Bertz CT molecular complexity index is 975. The summed E-state index contributed by atoms with van der Waals surface area (Å²) in [6.07, 6.45) is -4.18. The molecule has 1 N–H and O–H groups in total. The maximum atomic E-state index is 14.7. The molecule has 1 aliphatic rings. The van der Waals surface area contributed by atoms with Gasteiger partial charge in [-0.1, -0.05) is 62.0 Å². The van der Waals surface area contributed by atoms with E-state index in [0.717, 1.165) is 28.2 Å². The standard InChI is InChI=1S/C27H29FO5.CH4/c1-18-26(29)25(28)24(33-18)17-32-27(19-7-5-4-6-8-19,20-9-13-22(30-2)14-10-20)21-11-15-23(31-3)16-12-21;/h4-16,18,24-26,29H,17H2,1-3H3;1H4/t18-,24+,25+,26-;/m0./s1. The van der Waals surface area contributed by atoms with E-state index in [0.29, 0.717) is 0 Å². The summed E-state index contributed by atoms with van der Waals surface area (Å²) in [6.45, 7) is 1.62. The van der Waals surface area contributed by atoms with Crippen molar-refractivity contribution in [3.8, 4) is 11.5 Å². The number of aliphatic hydroxyl groups excluding tert-OH is 1. The molecule has 1 saturated heterocycles. The lowest BCUT2D eigenvalue weighted by Crippen LogP contribution is -2.38. The number of halogens is 1. The fourth-order valence-corrected chi connectivity index (χ4v) is 4.32. The van der Waals surface area contributed by atoms with Crippen LogP contribution in [-0.4, -0.2) is 50.4 Å². The molecular formula is C28H33FO5. The lowest BCUT2D eigenvalue weighted by atomic mass is 9.80. The molecule has 0 unspecified atom stereocenters. The van der Waals surface area contributed by atoms with Gasteiger partial charge >= 0.3 is 0 Å². The lowest BCUT2D eigenvalue weighted by Gasteiger charge is -2.37. The summed E-state index contributed by atoms with van der Waals surface area (Å²) in [5, 5.41) is 10.0. The van der Waals surface area contributed by atoms with Crippen LogP contribution in [0.4, 0.5) is 4.39 Å². The van der Waals surface area contributed by atoms with Gasteiger partial charge in [0.2, 0.25) is 0 Å². The fourth-order valence-electron chi connectivity index (χ4n) is 4.32. The third-order valence-electron chi connectivity index (χ3n) is 6.19. The van der Waals surface area contributed by atoms with E-state index in [1.807, 2.05) is 78.9 Å². The molecule has 6 heteroatoms. The maximum absolute atomic E-state index is 14.7. The number of methoxy groups -OCH3 is 2. The van der Waals surface area contributed by atoms with Crippen LogP contribution >= 0.6 is 0 Å². The number of benzene rings is 3. The summed E-state index contributed by atoms with van der Waals surface area (Å²) in [5.74, 6) is 1.44. The van der Waals surface area contributed by atoms with Crippen molar-refractivity contribution in [3.63, 3.8) is 0 Å². The van der Waals surface area contributed by atoms with Crippen molar-refractivity contribution >= 4 is 0 Å². The fraction of sp³-hybridized carbons (Fsp3) is 0.357. The van der Waals surface area contributed by atoms with Gasteiger partial charge in [-0.2, -0.15) is 0 Å². The largest absolute Gasteiger partial charge is 0.497 e. The van der Waals surface area contributed by atoms with Gasteiger partial charge in [0.25, 0.3) is 0 Å². The van der Waals surface area contributed by atoms with Crippen LogP contribution in [0.3, 0.4) is 0 Å². The van der Waals surface area contributed by atoms with Gasteiger partial charge in [0, 0.05) is 0 Å². The Morgan fingerprint density at radius 1 is 0.824 bits per heavy atom. The van der Waals surface area contributed by atoms with Gasteiger partial charge < -0.3 is 24.1 Å². The summed E-state index contributed by atoms with van der Waals surface area (Å²) in [6, 6.07) is 25.0. The second kappa shape index (κ2) is 11.0. The molecule has 0 spiro atoms. The number of ether oxygens (including phenoxy) is 4. The van der Waals surface area contributed by atoms with Crippen LogP contribution in [-0.2, 0) is 15.1 Å². The van der Waals surface area contributed by atoms with Crippen LogP contribution in [0, 0.1) is 0 Å². The van der Waals surface area contributed by atoms with Gasteiger partial charge in [0.15, 0.2) is 6.17 Å². The first-order chi connectivity index (χ1) is 16.0. The van der Waals surface area contributed by atoms with Gasteiger partial charge in [-0.05, 0) is 47.9 Å². The van der Waals surface area contributed by atoms with Crippen LogP contribution in [0.1, 0.15) is 31.0 Å². The van der Waals surface area contributed by atoms with Crippen LogP contribution in [0.5, 0.6) is 11.5 Å². The Labute approximate surface area is 201 Å². The molecule has 0 radical (unpaired) electrons. The zero-order chi connectivity index (χ0) is 23.4. The molecule has 4 rings (SSSR count). The van der Waals surface area contributed by atoms with Gasteiger partial charge in [-0.3, -0.25) is 0 Å². The zero-order valence-electron chi connectivity index (χ0n) is 19.0. The van der Waals surface area contributed by atoms with Gasteiger partial charge in [0.05, 0.1) is 26.9 Å². The number of rotatable bonds is 8. The second-order valence-electron chi connectivity index (χ2n) is 8.13. The quantitative estimate of drug-likeness (QED) is 0.464. The van der Waals surface area contributed by atoms with Crippen LogP contribution in [0.2, 0.25) is 0 Å². The van der Waals surface area contributed by atoms with Crippen molar-refractivity contribution in [1.29, 1.82) is 0 Å². The molecular weight excluding hydrogens is 435 g/mol. The van der Waals surface area contributed by atoms with E-state index < -0.39 is 30.1 Å². The third-order valence-corrected chi connectivity index (χ3v) is 6.19. The third kappa shape index (κ3) is 4.80. The number of alkyl halides is 1. The molecule has 34 heavy (non-hydrogen) atoms. The molecule has 3 aromatic carbocycles. The molecule has 0 aromatic heterocycles. The molecule has 0 aliphatic carbocycles. The highest BCUT2D eigenvalue weighted by atomic mass is 19.1. The highest BCUT2D eigenvalue weighted by Crippen LogP contribution is 2.42. The molecule has 182 valence electrons. The summed E-state index contributed by atoms with van der Waals surface area (Å²) >= 11 is 0. The first kappa shape index (κ1) is 25.7. The van der Waals surface area contributed by atoms with E-state index in [4.69, 9.17) is 18.9 Å². The van der Waals surface area contributed by atoms with Crippen molar-refractivity contribution < 1.29 is 28.4 Å². The predicted molar refractivity (Wildman–Crippen MR) is 130 cm³/mol. The van der Waals surface area contributed by atoms with E-state index in [-0.39, 0.29) is 14.0 Å². The molecule has 4 atom stereocenters. The van der Waals surface area contributed by atoms with Gasteiger partial charge in [0.1, 0.15) is 29.3 Å². The van der Waals surface area contributed by atoms with Crippen LogP contribution in [0.25, 0.3) is 0 Å². The Hall–Kier alpha value is -2.93. The van der Waals surface area contributed by atoms with Crippen molar-refractivity contribution in [2.45, 2.75) is 44.4 Å². The molecule has 3 aromatic rings. The molecule has 1 heterocycles. The zero-order valence-corrected chi connectivity index (χ0v) is 19.0. The minimum Gasteiger partial charge on any atom is -0.497 e. The minimum absolute atomic E-state index is 0. The average Bonchev–Trinajstić information content (AvgIpc) is 3.12. The minimum atomic E-state index is -1.53. The van der Waals surface area contributed by atoms with Crippen molar-refractivity contribution in [1.82, 2.24) is 0 Å². The van der Waals surface area contributed by atoms with E-state index in [9.17, 15) is 9.50 Å². The number of hydrogen-bond donors (Lipinski definition) is 1. The van der Waals surface area contributed by atoms with Gasteiger partial charge in [-0.15, -0.1) is 0 Å². The van der Waals surface area contributed by atoms with Gasteiger partial charge in [-0.25, -0.2) is 4.39 Å². The summed E-state index contributed by atoms with van der Waals surface area (Å²) in [5.41, 5.74) is 1.52. The van der Waals surface area contributed by atoms with E-state index in [2.05, 4.69) is 0 Å². The maximum Gasteiger partial charge on any atom is 0.157 e. The second-order valence-corrected chi connectivity index (χ2v) is 8.13. The Balaban J connectivity index is 0.00000324. The first-order valence-corrected chi connectivity index (χ1v) is 11.0. The summed E-state index contributed by atoms with van der Waals surface area (Å²) in [7, 11) is 3.23. The Morgan fingerprint density at radius 3 is 1.71 bits per heavy atom. The van der Waals surface area contributed by atoms with Crippen LogP contribution < -0.4 is 9.47 Å². The highest BCUT2D eigenvalue weighted by molar-refractivity contribution is 5.49. The molecule has 0 bridgehead atoms. The molecule has 0 saturated carbocycles. The van der Waals surface area contributed by atoms with E-state index in [1.165, 1.54) is 0 Å². The molecule has 1 aliphatic heterocycles.